The topological polar surface area (TPSA) is 358 Å². The number of methoxy groups -OCH3 is 2. The highest BCUT2D eigenvalue weighted by atomic mass is 32.1. The van der Waals surface area contributed by atoms with E-state index in [9.17, 15) is 52.3 Å². The minimum atomic E-state index is -4.82. The minimum Gasteiger partial charge on any atom is -0.497 e. The fourth-order valence-corrected chi connectivity index (χ4v) is 20.4. The highest BCUT2D eigenvalue weighted by Crippen LogP contribution is 2.55. The highest BCUT2D eigenvalue weighted by molar-refractivity contribution is 7.10. The Kier molecular flexibility index (Phi) is 29.2. The number of aliphatic hydroxyl groups is 1. The third-order valence-electron chi connectivity index (χ3n) is 27.0. The first-order chi connectivity index (χ1) is 68.4. The first-order valence-corrected chi connectivity index (χ1v) is 48.1. The number of imidazole rings is 1. The molecular weight excluding hydrogens is 1840 g/mol. The number of amidine groups is 1. The smallest absolute Gasteiger partial charge is 0.453 e. The highest BCUT2D eigenvalue weighted by Gasteiger charge is 2.64. The fourth-order valence-electron chi connectivity index (χ4n) is 19.7. The molecule has 0 radical (unpaired) electrons. The first kappa shape index (κ1) is 96.6. The number of esters is 1. The zero-order valence-electron chi connectivity index (χ0n) is 78.7. The van der Waals surface area contributed by atoms with Gasteiger partial charge in [0, 0.05) is 119 Å². The Morgan fingerprint density at radius 3 is 2.30 bits per heavy atom. The van der Waals surface area contributed by atoms with Gasteiger partial charge in [-0.3, -0.25) is 39.3 Å². The van der Waals surface area contributed by atoms with Crippen LogP contribution in [0.2, 0.25) is 0 Å². The molecule has 7 aromatic carbocycles. The summed E-state index contributed by atoms with van der Waals surface area (Å²) in [4.78, 5) is 90.9. The number of pyridine rings is 1. The number of amides is 6. The molecule has 7 unspecified atom stereocenters. The Morgan fingerprint density at radius 1 is 0.766 bits per heavy atom. The van der Waals surface area contributed by atoms with Gasteiger partial charge in [-0.1, -0.05) is 85.1 Å². The summed E-state index contributed by atoms with van der Waals surface area (Å²) in [7, 11) is 5.04. The number of nitrogens with zero attached hydrogens (tertiary/aromatic N) is 10. The average molecular weight is 1950 g/mol. The molecule has 12 aromatic rings. The predicted molar refractivity (Wildman–Crippen MR) is 516 cm³/mol. The molecule has 15 heterocycles. The molecule has 32 nitrogen and oxygen atoms in total. The van der Waals surface area contributed by atoms with Gasteiger partial charge in [0.25, 0.3) is 23.7 Å². The molecule has 12 aliphatic rings. The van der Waals surface area contributed by atoms with Gasteiger partial charge >= 0.3 is 23.9 Å². The normalized spacial score (nSPS) is 20.4. The molecule has 0 saturated carbocycles. The van der Waals surface area contributed by atoms with Gasteiger partial charge in [-0.2, -0.15) is 17.9 Å². The van der Waals surface area contributed by atoms with Gasteiger partial charge in [0.05, 0.1) is 85.9 Å². The number of hydrogen-bond acceptors (Lipinski definition) is 26. The van der Waals surface area contributed by atoms with E-state index in [1.54, 1.807) is 55.0 Å². The van der Waals surface area contributed by atoms with E-state index in [1.165, 1.54) is 96.0 Å². The number of benzene rings is 7. The van der Waals surface area contributed by atoms with Gasteiger partial charge in [0.1, 0.15) is 42.8 Å². The minimum absolute atomic E-state index is 0.00822. The van der Waals surface area contributed by atoms with Gasteiger partial charge in [-0.25, -0.2) is 24.5 Å². The number of ether oxygens (including phenoxy) is 10. The number of hydrogen-bond donors (Lipinski definition) is 5. The van der Waals surface area contributed by atoms with Crippen molar-refractivity contribution in [2.75, 3.05) is 97.6 Å². The van der Waals surface area contributed by atoms with E-state index in [0.29, 0.717) is 61.4 Å². The van der Waals surface area contributed by atoms with Gasteiger partial charge in [0.15, 0.2) is 23.0 Å². The summed E-state index contributed by atoms with van der Waals surface area (Å²) < 4.78 is 102. The summed E-state index contributed by atoms with van der Waals surface area (Å²) in [5, 5.41) is 37.0. The Labute approximate surface area is 814 Å². The van der Waals surface area contributed by atoms with E-state index < -0.39 is 41.8 Å². The standard InChI is InChI=1S/C20H19NO5.C19H24N2O.C17H19N3O3.C13H12N2O2.C13H9NO4.C12H10F3N3O2.C11H15NO2S/c1-21-7-13-11(2-3-15-20(13)26-9-23-15)18-14(22)4-10-5-16-17(25-8-24-16)6-12(10)19(18)21;1-13-5-6-16(12-20-13)9-10-21-15(3)14(2)18-11-17(22-4)7-8-19(18)21;21-17(15-11-22-8-9-23-15)18-12-5-6-14-13(10-12)19-16-4-2-1-3-7-20(14)16;16-15-10-4-2-1-3-9(10)12-11(15)6-5-8-7-17-14-13(8)12;1-18-11(15)7-4-8-14-12(16)9-5-2-3-6-10(9)13(14)17;13-12(14,15)11(8-4-2-1-3-5-8)17-9(19)18-7-6-16-10(18)20-11;13-11(7-10-4-2-6-15-10)12-8-9-3-1-5-14-9/h2-3,5-6,14,18-19,22H,4,7-9H2,1H3;5-8,11-12,14-15H,9-10H2,1-4H3;5-6,10-11H,1-4,7-9H2,(H,18,21);5-7,16H,1-4H2;2-3,5-6H,8H2,1H3;1-5H,6-7H2,(H,17,19);2,4,6,9H,1,3,5,7-8H2,(H,12,13). The van der Waals surface area contributed by atoms with Crippen molar-refractivity contribution >= 4 is 97.2 Å². The monoisotopic (exact) mass is 1940 g/mol. The van der Waals surface area contributed by atoms with Crippen molar-refractivity contribution in [3.8, 4) is 40.6 Å². The number of thiophene rings is 1. The maximum Gasteiger partial charge on any atom is 0.453 e. The number of fused-ring (bicyclic) bond motifs is 19. The molecule has 10 aliphatic heterocycles. The zero-order chi connectivity index (χ0) is 98.2. The van der Waals surface area contributed by atoms with Gasteiger partial charge in [-0.15, -0.1) is 11.3 Å². The van der Waals surface area contributed by atoms with Gasteiger partial charge < -0.3 is 82.3 Å². The van der Waals surface area contributed by atoms with Crippen LogP contribution in [-0.2, 0) is 95.4 Å². The summed E-state index contributed by atoms with van der Waals surface area (Å²) in [6, 6.07) is 45.5. The van der Waals surface area contributed by atoms with Gasteiger partial charge in [-0.05, 0) is 215 Å². The third-order valence-corrected chi connectivity index (χ3v) is 27.9. The number of halogens is 3. The van der Waals surface area contributed by atoms with Crippen molar-refractivity contribution in [2.24, 2.45) is 4.99 Å². The number of aromatic nitrogens is 5. The van der Waals surface area contributed by atoms with Crippen molar-refractivity contribution in [2.45, 2.75) is 165 Å². The average Bonchev–Trinajstić information content (AvgIpc) is 1.13. The van der Waals surface area contributed by atoms with E-state index in [1.807, 2.05) is 78.4 Å². The Morgan fingerprint density at radius 2 is 1.55 bits per heavy atom. The number of aryl methyl sites for hydroxylation is 4. The van der Waals surface area contributed by atoms with Crippen LogP contribution in [0.25, 0.3) is 32.8 Å². The van der Waals surface area contributed by atoms with E-state index in [-0.39, 0.29) is 80.4 Å². The number of aliphatic imine (C=N–C) groups is 1. The number of anilines is 2. The number of carbonyl (C=O) groups is 6. The molecule has 5 aromatic heterocycles. The number of likely N-dealkylation sites (N-methyl/N-ethyl adjacent to an activating group) is 1. The molecule has 0 bridgehead atoms. The van der Waals surface area contributed by atoms with E-state index >= 15 is 0 Å². The maximum absolute atomic E-state index is 13.5. The predicted octanol–water partition coefficient (Wildman–Crippen LogP) is 15.6. The lowest BCUT2D eigenvalue weighted by Crippen LogP contribution is -2.66. The number of urea groups is 1. The summed E-state index contributed by atoms with van der Waals surface area (Å²) in [6.45, 7) is 12.6. The molecule has 36 heteroatoms. The molecular formula is C105H108F3N13O19S. The van der Waals surface area contributed by atoms with Crippen LogP contribution in [0.3, 0.4) is 0 Å². The maximum atomic E-state index is 13.5. The van der Waals surface area contributed by atoms with Crippen LogP contribution in [0.5, 0.6) is 28.7 Å². The lowest BCUT2D eigenvalue weighted by Gasteiger charge is -2.46. The Balaban J connectivity index is 0.000000109. The van der Waals surface area contributed by atoms with Crippen molar-refractivity contribution < 1.29 is 104 Å². The SMILES string of the molecule is CN1Cc2c(ccc3c2OCO3)C2C(O)Cc3cc4c(cc3C21)OCO4.COC(=O)C#CCN1C(=O)c2ccccc2C1=O.COc1ccc2c(c1)C(C)C(C)N2CCc1ccc(C)nc1.O=C(Cc1cccs1)NCC1CCCO1.O=C(Nc1ccc2c(c1)nc1n2CCCCC1)C1=COCCO1.O=C1NC(c2ccccc2)(C(F)(F)F)OC2=NCCN12.On1c2c(c3c4nocc4ccc31)CCCC2. The molecule has 5 N–H and O–H groups in total. The fraction of sp³-hybridized carbons (Fsp3) is 0.371. The van der Waals surface area contributed by atoms with Crippen molar-refractivity contribution in [1.82, 2.24) is 49.8 Å². The lowest BCUT2D eigenvalue weighted by molar-refractivity contribution is -0.274. The number of rotatable bonds is 12. The number of nitrogens with one attached hydrogen (secondary N) is 3. The second-order valence-electron chi connectivity index (χ2n) is 35.8. The molecule has 6 amide bonds. The quantitative estimate of drug-likeness (QED) is 0.0249. The second-order valence-corrected chi connectivity index (χ2v) is 36.8. The Hall–Kier alpha value is -14.7. The number of aliphatic hydroxyl groups excluding tert-OH is 1. The van der Waals surface area contributed by atoms with E-state index in [0.717, 1.165) is 181 Å². The third kappa shape index (κ3) is 20.6. The van der Waals surface area contributed by atoms with Crippen molar-refractivity contribution in [3.63, 3.8) is 0 Å². The summed E-state index contributed by atoms with van der Waals surface area (Å²) >= 11 is 1.62. The van der Waals surface area contributed by atoms with E-state index in [4.69, 9.17) is 52.1 Å². The molecule has 141 heavy (non-hydrogen) atoms. The van der Waals surface area contributed by atoms with Crippen LogP contribution in [0.15, 0.2) is 191 Å². The molecule has 24 rings (SSSR count). The summed E-state index contributed by atoms with van der Waals surface area (Å²) in [6.07, 6.45) is 13.2. The van der Waals surface area contributed by atoms with Crippen LogP contribution in [0.1, 0.15) is 164 Å². The second kappa shape index (κ2) is 42.6. The zero-order valence-corrected chi connectivity index (χ0v) is 79.6. The van der Waals surface area contributed by atoms with Crippen LogP contribution < -0.4 is 44.5 Å². The molecule has 2 fully saturated rings. The number of carbonyl (C=O) groups excluding carboxylic acids is 6. The van der Waals surface area contributed by atoms with Crippen LogP contribution in [-0.4, -0.2) is 203 Å². The largest absolute Gasteiger partial charge is 0.497 e. The summed E-state index contributed by atoms with van der Waals surface area (Å²) in [5.41, 5.74) is 14.2. The molecule has 734 valence electrons. The first-order valence-electron chi connectivity index (χ1n) is 47.2. The van der Waals surface area contributed by atoms with Crippen LogP contribution >= 0.6 is 11.3 Å². The van der Waals surface area contributed by atoms with Gasteiger partial charge in [0.2, 0.25) is 25.3 Å². The van der Waals surface area contributed by atoms with Crippen molar-refractivity contribution in [3.05, 3.63) is 259 Å². The van der Waals surface area contributed by atoms with Crippen molar-refractivity contribution in [1.29, 1.82) is 0 Å². The molecule has 2 aliphatic carbocycles. The van der Waals surface area contributed by atoms with Crippen LogP contribution in [0.4, 0.5) is 29.3 Å². The number of alkyl halides is 3. The number of imide groups is 1. The van der Waals surface area contributed by atoms with Crippen LogP contribution in [0, 0.1) is 18.8 Å². The molecule has 0 spiro atoms. The molecule has 7 atom stereocenters. The lowest BCUT2D eigenvalue weighted by atomic mass is 9.70. The van der Waals surface area contributed by atoms with E-state index in [2.05, 4.69) is 120 Å². The molecule has 2 saturated heterocycles. The summed E-state index contributed by atoms with van der Waals surface area (Å²) in [5.74, 6) is 8.92. The Bertz CT molecular complexity index is 6750.